The predicted octanol–water partition coefficient (Wildman–Crippen LogP) is 1.13. The second-order valence-corrected chi connectivity index (χ2v) is 7.05. The molecule has 1 fully saturated rings. The second-order valence-electron chi connectivity index (χ2n) is 5.95. The third-order valence-corrected chi connectivity index (χ3v) is 5.62. The molecule has 2 atom stereocenters. The molecule has 0 aliphatic carbocycles. The van der Waals surface area contributed by atoms with Crippen molar-refractivity contribution in [1.82, 2.24) is 4.90 Å². The Morgan fingerprint density at radius 1 is 1.39 bits per heavy atom. The summed E-state index contributed by atoms with van der Waals surface area (Å²) in [5.74, 6) is -0.654. The molecule has 4 N–H and O–H groups in total. The molecule has 122 valence electrons. The summed E-state index contributed by atoms with van der Waals surface area (Å²) < 4.78 is 0. The zero-order chi connectivity index (χ0) is 16.9. The monoisotopic (exact) mass is 334 g/mol. The fraction of sp³-hybridized carbons (Fsp3) is 0.375. The van der Waals surface area contributed by atoms with Crippen molar-refractivity contribution >= 4 is 23.6 Å². The first-order valence-corrected chi connectivity index (χ1v) is 8.30. The summed E-state index contributed by atoms with van der Waals surface area (Å²) in [6.45, 7) is 3.61. The molecule has 1 aromatic carbocycles. The lowest BCUT2D eigenvalue weighted by Crippen LogP contribution is -2.68. The Morgan fingerprint density at radius 2 is 2.00 bits per heavy atom. The fourth-order valence-corrected chi connectivity index (χ4v) is 4.40. The van der Waals surface area contributed by atoms with Crippen LogP contribution < -0.4 is 5.73 Å². The SMILES string of the molecule is Cc1cc(CC2=C(C(=O)O)N3C(=O)[C@@H](N)[C@H]3SC2)cc(C)c1O. The summed E-state index contributed by atoms with van der Waals surface area (Å²) in [6, 6.07) is 3.07. The smallest absolute Gasteiger partial charge is 0.352 e. The summed E-state index contributed by atoms with van der Waals surface area (Å²) in [7, 11) is 0. The van der Waals surface area contributed by atoms with Gasteiger partial charge in [-0.2, -0.15) is 0 Å². The van der Waals surface area contributed by atoms with Crippen LogP contribution >= 0.6 is 11.8 Å². The molecule has 1 saturated heterocycles. The van der Waals surface area contributed by atoms with Crippen LogP contribution in [0.2, 0.25) is 0 Å². The number of β-lactam (4-membered cyclic amide) rings is 1. The summed E-state index contributed by atoms with van der Waals surface area (Å²) in [6.07, 6.45) is 0.433. The van der Waals surface area contributed by atoms with Crippen molar-refractivity contribution in [3.05, 3.63) is 40.1 Å². The van der Waals surface area contributed by atoms with Gasteiger partial charge >= 0.3 is 5.97 Å². The van der Waals surface area contributed by atoms with Gasteiger partial charge in [0.15, 0.2) is 0 Å². The second kappa shape index (κ2) is 5.58. The van der Waals surface area contributed by atoms with E-state index in [1.807, 2.05) is 26.0 Å². The largest absolute Gasteiger partial charge is 0.507 e. The number of aliphatic carboxylic acids is 1. The zero-order valence-corrected chi connectivity index (χ0v) is 13.7. The highest BCUT2D eigenvalue weighted by molar-refractivity contribution is 8.00. The van der Waals surface area contributed by atoms with Gasteiger partial charge in [-0.1, -0.05) is 12.1 Å². The lowest BCUT2D eigenvalue weighted by atomic mass is 9.97. The summed E-state index contributed by atoms with van der Waals surface area (Å²) in [5.41, 5.74) is 8.92. The van der Waals surface area contributed by atoms with E-state index < -0.39 is 12.0 Å². The summed E-state index contributed by atoms with van der Waals surface area (Å²) in [5, 5.41) is 19.1. The number of carbonyl (C=O) groups excluding carboxylic acids is 1. The van der Waals surface area contributed by atoms with Crippen LogP contribution in [0.15, 0.2) is 23.4 Å². The van der Waals surface area contributed by atoms with E-state index >= 15 is 0 Å². The van der Waals surface area contributed by atoms with Gasteiger partial charge in [-0.15, -0.1) is 11.8 Å². The molecule has 7 heteroatoms. The van der Waals surface area contributed by atoms with E-state index in [4.69, 9.17) is 5.73 Å². The highest BCUT2D eigenvalue weighted by Gasteiger charge is 2.51. The topological polar surface area (TPSA) is 104 Å². The molecule has 1 amide bonds. The molecule has 0 saturated carbocycles. The van der Waals surface area contributed by atoms with Gasteiger partial charge in [-0.25, -0.2) is 4.79 Å². The van der Waals surface area contributed by atoms with Crippen molar-refractivity contribution in [2.75, 3.05) is 5.75 Å². The number of rotatable bonds is 3. The molecule has 0 spiro atoms. The highest BCUT2D eigenvalue weighted by Crippen LogP contribution is 2.40. The van der Waals surface area contributed by atoms with Crippen molar-refractivity contribution in [3.63, 3.8) is 0 Å². The summed E-state index contributed by atoms with van der Waals surface area (Å²) in [4.78, 5) is 24.9. The van der Waals surface area contributed by atoms with E-state index in [9.17, 15) is 19.8 Å². The number of phenolic OH excluding ortho intramolecular Hbond substituents is 1. The standard InChI is InChI=1S/C16H18N2O4S/c1-7-3-9(4-8(2)13(7)19)5-10-6-23-15-11(17)14(20)18(15)12(10)16(21)22/h3-4,11,15,19H,5-6,17H2,1-2H3,(H,21,22)/t11-,15-/m1/s1. The molecular formula is C16H18N2O4S. The number of aromatic hydroxyl groups is 1. The van der Waals surface area contributed by atoms with Crippen LogP contribution in [0.3, 0.4) is 0 Å². The molecule has 1 aromatic rings. The average Bonchev–Trinajstić information content (AvgIpc) is 2.51. The van der Waals surface area contributed by atoms with Crippen LogP contribution in [0.25, 0.3) is 0 Å². The Labute approximate surface area is 138 Å². The fourth-order valence-electron chi connectivity index (χ4n) is 3.11. The number of nitrogens with zero attached hydrogens (tertiary/aromatic N) is 1. The number of amides is 1. The summed E-state index contributed by atoms with van der Waals surface area (Å²) >= 11 is 1.49. The van der Waals surface area contributed by atoms with E-state index in [-0.39, 0.29) is 22.7 Å². The third kappa shape index (κ3) is 2.49. The molecule has 0 bridgehead atoms. The van der Waals surface area contributed by atoms with Crippen LogP contribution in [0.5, 0.6) is 5.75 Å². The number of nitrogens with two attached hydrogens (primary N) is 1. The number of hydrogen-bond donors (Lipinski definition) is 3. The van der Waals surface area contributed by atoms with Crippen LogP contribution in [-0.2, 0) is 16.0 Å². The Hall–Kier alpha value is -1.99. The van der Waals surface area contributed by atoms with E-state index in [1.54, 1.807) is 0 Å². The van der Waals surface area contributed by atoms with Gasteiger partial charge in [0.25, 0.3) is 0 Å². The van der Waals surface area contributed by atoms with E-state index in [0.717, 1.165) is 16.7 Å². The average molecular weight is 334 g/mol. The van der Waals surface area contributed by atoms with Crippen molar-refractivity contribution in [3.8, 4) is 5.75 Å². The molecule has 0 aromatic heterocycles. The number of benzene rings is 1. The first-order chi connectivity index (χ1) is 10.8. The molecule has 0 radical (unpaired) electrons. The molecule has 6 nitrogen and oxygen atoms in total. The van der Waals surface area contributed by atoms with Crippen LogP contribution in [0.4, 0.5) is 0 Å². The minimum absolute atomic E-state index is 0.0591. The van der Waals surface area contributed by atoms with E-state index in [2.05, 4.69) is 0 Å². The maximum Gasteiger partial charge on any atom is 0.352 e. The van der Waals surface area contributed by atoms with Crippen molar-refractivity contribution in [2.45, 2.75) is 31.7 Å². The van der Waals surface area contributed by atoms with Gasteiger partial charge in [0.2, 0.25) is 5.91 Å². The molecule has 2 aliphatic rings. The number of fused-ring (bicyclic) bond motifs is 1. The first-order valence-electron chi connectivity index (χ1n) is 7.26. The lowest BCUT2D eigenvalue weighted by Gasteiger charge is -2.48. The molecular weight excluding hydrogens is 316 g/mol. The van der Waals surface area contributed by atoms with E-state index in [0.29, 0.717) is 17.7 Å². The van der Waals surface area contributed by atoms with Gasteiger partial charge in [-0.05, 0) is 42.5 Å². The van der Waals surface area contributed by atoms with Crippen LogP contribution in [0.1, 0.15) is 16.7 Å². The number of carbonyl (C=O) groups is 2. The minimum atomic E-state index is -1.10. The molecule has 3 rings (SSSR count). The molecule has 2 heterocycles. The van der Waals surface area contributed by atoms with Crippen LogP contribution in [-0.4, -0.2) is 44.2 Å². The normalized spacial score (nSPS) is 23.6. The number of carboxylic acids is 1. The minimum Gasteiger partial charge on any atom is -0.507 e. The van der Waals surface area contributed by atoms with E-state index in [1.165, 1.54) is 16.7 Å². The van der Waals surface area contributed by atoms with Crippen molar-refractivity contribution < 1.29 is 19.8 Å². The van der Waals surface area contributed by atoms with Gasteiger partial charge in [0.05, 0.1) is 0 Å². The third-order valence-electron chi connectivity index (χ3n) is 4.26. The molecule has 2 aliphatic heterocycles. The highest BCUT2D eigenvalue weighted by atomic mass is 32.2. The van der Waals surface area contributed by atoms with Gasteiger partial charge < -0.3 is 15.9 Å². The Bertz CT molecular complexity index is 721. The quantitative estimate of drug-likeness (QED) is 0.716. The number of carboxylic acid groups (broad SMARTS) is 1. The molecule has 0 unspecified atom stereocenters. The number of thioether (sulfide) groups is 1. The van der Waals surface area contributed by atoms with Crippen LogP contribution in [0, 0.1) is 13.8 Å². The van der Waals surface area contributed by atoms with Crippen molar-refractivity contribution in [1.29, 1.82) is 0 Å². The zero-order valence-electron chi connectivity index (χ0n) is 12.9. The maximum atomic E-state index is 11.9. The number of aryl methyl sites for hydroxylation is 2. The lowest BCUT2D eigenvalue weighted by molar-refractivity contribution is -0.148. The predicted molar refractivity (Wildman–Crippen MR) is 87.0 cm³/mol. The van der Waals surface area contributed by atoms with Gasteiger partial charge in [-0.3, -0.25) is 9.69 Å². The first kappa shape index (κ1) is 15.9. The maximum absolute atomic E-state index is 11.9. The molecule has 23 heavy (non-hydrogen) atoms. The van der Waals surface area contributed by atoms with Gasteiger partial charge in [0.1, 0.15) is 22.9 Å². The van der Waals surface area contributed by atoms with Crippen molar-refractivity contribution in [2.24, 2.45) is 5.73 Å². The number of phenols is 1. The number of hydrogen-bond acceptors (Lipinski definition) is 5. The Morgan fingerprint density at radius 3 is 2.57 bits per heavy atom. The Balaban J connectivity index is 1.97. The Kier molecular flexibility index (Phi) is 3.85. The van der Waals surface area contributed by atoms with Gasteiger partial charge in [0, 0.05) is 5.75 Å².